The van der Waals surface area contributed by atoms with E-state index >= 15 is 0 Å². The molecule has 3 aromatic rings. The number of pyridine rings is 1. The van der Waals surface area contributed by atoms with Crippen LogP contribution in [-0.4, -0.2) is 52.8 Å². The molecule has 1 unspecified atom stereocenters. The van der Waals surface area contributed by atoms with Crippen molar-refractivity contribution in [3.05, 3.63) is 84.1 Å². The molecular weight excluding hydrogens is 446 g/mol. The first-order valence-corrected chi connectivity index (χ1v) is 11.6. The van der Waals surface area contributed by atoms with E-state index in [0.29, 0.717) is 23.1 Å². The van der Waals surface area contributed by atoms with Crippen molar-refractivity contribution in [2.24, 2.45) is 4.99 Å². The van der Waals surface area contributed by atoms with Crippen molar-refractivity contribution in [3.63, 3.8) is 0 Å². The maximum Gasteiger partial charge on any atom is 0.241 e. The van der Waals surface area contributed by atoms with Gasteiger partial charge in [0.15, 0.2) is 0 Å². The lowest BCUT2D eigenvalue weighted by molar-refractivity contribution is -0.126. The predicted molar refractivity (Wildman–Crippen MR) is 138 cm³/mol. The van der Waals surface area contributed by atoms with E-state index in [9.17, 15) is 4.79 Å². The van der Waals surface area contributed by atoms with Crippen LogP contribution in [-0.2, 0) is 16.1 Å². The number of rotatable bonds is 5. The van der Waals surface area contributed by atoms with Gasteiger partial charge in [-0.3, -0.25) is 9.69 Å². The summed E-state index contributed by atoms with van der Waals surface area (Å²) in [6.45, 7) is 3.54. The number of carbonyl (C=O) groups is 1. The number of nitrogens with zero attached hydrogens (tertiary/aromatic N) is 4. The minimum atomic E-state index is -0.547. The summed E-state index contributed by atoms with van der Waals surface area (Å²) in [6.07, 6.45) is 1.67. The number of aromatic nitrogens is 1. The Morgan fingerprint density at radius 3 is 2.44 bits per heavy atom. The van der Waals surface area contributed by atoms with E-state index in [0.717, 1.165) is 48.8 Å². The van der Waals surface area contributed by atoms with Gasteiger partial charge in [-0.25, -0.2) is 9.98 Å². The van der Waals surface area contributed by atoms with Gasteiger partial charge in [-0.05, 0) is 41.5 Å². The molecule has 1 aromatic heterocycles. The summed E-state index contributed by atoms with van der Waals surface area (Å²) in [6, 6.07) is 21.3. The fraction of sp³-hybridized carbons (Fsp3) is 0.231. The van der Waals surface area contributed by atoms with Gasteiger partial charge in [-0.2, -0.15) is 0 Å². The molecule has 2 fully saturated rings. The van der Waals surface area contributed by atoms with Gasteiger partial charge in [0.25, 0.3) is 0 Å². The van der Waals surface area contributed by atoms with E-state index in [-0.39, 0.29) is 5.91 Å². The standard InChI is InChI=1S/C26H25N5O2S/c27-22-11-6-18(16-28-22)17-31-25(32)23(19-4-2-1-3-5-19)24(26(31)34)29-20-7-9-21(10-8-20)30-12-14-33-15-13-30/h1-11,16,23H,12-15,17H2,(H2,27,28). The van der Waals surface area contributed by atoms with Gasteiger partial charge < -0.3 is 15.4 Å². The van der Waals surface area contributed by atoms with Crippen molar-refractivity contribution < 1.29 is 9.53 Å². The van der Waals surface area contributed by atoms with Crippen LogP contribution in [0.1, 0.15) is 17.0 Å². The Hall–Kier alpha value is -3.62. The zero-order valence-corrected chi connectivity index (χ0v) is 19.4. The first-order chi connectivity index (χ1) is 16.6. The first-order valence-electron chi connectivity index (χ1n) is 11.2. The number of nitrogens with two attached hydrogens (primary N) is 1. The summed E-state index contributed by atoms with van der Waals surface area (Å²) in [7, 11) is 0. The maximum absolute atomic E-state index is 13.5. The summed E-state index contributed by atoms with van der Waals surface area (Å²) < 4.78 is 5.44. The molecule has 172 valence electrons. The van der Waals surface area contributed by atoms with Gasteiger partial charge >= 0.3 is 0 Å². The van der Waals surface area contributed by atoms with Gasteiger partial charge in [-0.15, -0.1) is 0 Å². The minimum Gasteiger partial charge on any atom is -0.384 e. The van der Waals surface area contributed by atoms with Crippen molar-refractivity contribution in [1.29, 1.82) is 0 Å². The molecular formula is C26H25N5O2S. The highest BCUT2D eigenvalue weighted by atomic mass is 32.1. The lowest BCUT2D eigenvalue weighted by Crippen LogP contribution is -2.36. The summed E-state index contributed by atoms with van der Waals surface area (Å²) in [5.41, 5.74) is 9.92. The minimum absolute atomic E-state index is 0.0864. The number of likely N-dealkylation sites (tertiary alicyclic amines) is 1. The van der Waals surface area contributed by atoms with Gasteiger partial charge in [-0.1, -0.05) is 48.6 Å². The van der Waals surface area contributed by atoms with Crippen molar-refractivity contribution in [2.75, 3.05) is 36.9 Å². The first kappa shape index (κ1) is 22.2. The summed E-state index contributed by atoms with van der Waals surface area (Å²) >= 11 is 5.78. The van der Waals surface area contributed by atoms with E-state index in [4.69, 9.17) is 27.7 Å². The Labute approximate surface area is 203 Å². The Morgan fingerprint density at radius 2 is 1.76 bits per heavy atom. The molecule has 1 atom stereocenters. The quantitative estimate of drug-likeness (QED) is 0.571. The average Bonchev–Trinajstić information content (AvgIpc) is 3.11. The van der Waals surface area contributed by atoms with Crippen molar-refractivity contribution in [3.8, 4) is 0 Å². The number of ether oxygens (including phenoxy) is 1. The van der Waals surface area contributed by atoms with Crippen LogP contribution in [0.5, 0.6) is 0 Å². The number of amides is 1. The lowest BCUT2D eigenvalue weighted by atomic mass is 9.96. The van der Waals surface area contributed by atoms with Gasteiger partial charge in [0.2, 0.25) is 5.91 Å². The highest BCUT2D eigenvalue weighted by Gasteiger charge is 2.42. The van der Waals surface area contributed by atoms with Crippen molar-refractivity contribution in [2.45, 2.75) is 12.5 Å². The number of benzene rings is 2. The number of aliphatic imine (C=N–C) groups is 1. The number of nitrogen functional groups attached to an aromatic ring is 1. The average molecular weight is 472 g/mol. The second kappa shape index (κ2) is 9.70. The molecule has 2 N–H and O–H groups in total. The zero-order valence-electron chi connectivity index (χ0n) is 18.6. The summed E-state index contributed by atoms with van der Waals surface area (Å²) in [5.74, 6) is -0.199. The van der Waals surface area contributed by atoms with Crippen LogP contribution in [0.4, 0.5) is 17.2 Å². The number of hydrogen-bond acceptors (Lipinski definition) is 7. The second-order valence-corrected chi connectivity index (χ2v) is 8.66. The number of hydrogen-bond donors (Lipinski definition) is 1. The topological polar surface area (TPSA) is 84.0 Å². The Bertz CT molecular complexity index is 1210. The number of carbonyl (C=O) groups excluding carboxylic acids is 1. The normalized spacial score (nSPS) is 19.8. The molecule has 2 aromatic carbocycles. The highest BCUT2D eigenvalue weighted by Crippen LogP contribution is 2.32. The van der Waals surface area contributed by atoms with Crippen LogP contribution in [0.25, 0.3) is 0 Å². The fourth-order valence-electron chi connectivity index (χ4n) is 4.25. The summed E-state index contributed by atoms with van der Waals surface area (Å²) in [4.78, 5) is 26.9. The van der Waals surface area contributed by atoms with E-state index in [2.05, 4.69) is 22.0 Å². The molecule has 2 saturated heterocycles. The van der Waals surface area contributed by atoms with Crippen LogP contribution in [0.2, 0.25) is 0 Å². The van der Waals surface area contributed by atoms with E-state index in [1.165, 1.54) is 0 Å². The molecule has 2 aliphatic heterocycles. The summed E-state index contributed by atoms with van der Waals surface area (Å²) in [5, 5.41) is 0. The Kier molecular flexibility index (Phi) is 6.33. The predicted octanol–water partition coefficient (Wildman–Crippen LogP) is 3.73. The van der Waals surface area contributed by atoms with Crippen LogP contribution < -0.4 is 10.6 Å². The van der Waals surface area contributed by atoms with Crippen molar-refractivity contribution >= 4 is 46.0 Å². The third-order valence-electron chi connectivity index (χ3n) is 6.05. The van der Waals surface area contributed by atoms with Gasteiger partial charge in [0.1, 0.15) is 16.7 Å². The van der Waals surface area contributed by atoms with Gasteiger partial charge in [0, 0.05) is 25.0 Å². The van der Waals surface area contributed by atoms with E-state index in [1.54, 1.807) is 17.2 Å². The molecule has 0 bridgehead atoms. The fourth-order valence-corrected chi connectivity index (χ4v) is 4.57. The third-order valence-corrected chi connectivity index (χ3v) is 6.48. The van der Waals surface area contributed by atoms with E-state index < -0.39 is 5.92 Å². The van der Waals surface area contributed by atoms with Crippen LogP contribution in [0.15, 0.2) is 77.9 Å². The maximum atomic E-state index is 13.5. The Balaban J connectivity index is 1.46. The molecule has 0 radical (unpaired) electrons. The highest BCUT2D eigenvalue weighted by molar-refractivity contribution is 7.82. The monoisotopic (exact) mass is 471 g/mol. The molecule has 5 rings (SSSR count). The Morgan fingerprint density at radius 1 is 1.03 bits per heavy atom. The molecule has 0 saturated carbocycles. The SMILES string of the molecule is Nc1ccc(CN2C(=O)C(c3ccccc3)C(=Nc3ccc(N4CCOCC4)cc3)C2=S)cn1. The van der Waals surface area contributed by atoms with Crippen LogP contribution in [0, 0.1) is 0 Å². The molecule has 34 heavy (non-hydrogen) atoms. The largest absolute Gasteiger partial charge is 0.384 e. The molecule has 0 aliphatic carbocycles. The molecule has 1 amide bonds. The third kappa shape index (κ3) is 4.55. The lowest BCUT2D eigenvalue weighted by Gasteiger charge is -2.28. The molecule has 2 aliphatic rings. The van der Waals surface area contributed by atoms with Crippen molar-refractivity contribution in [1.82, 2.24) is 9.88 Å². The molecule has 8 heteroatoms. The molecule has 3 heterocycles. The zero-order chi connectivity index (χ0) is 23.5. The number of anilines is 2. The number of morpholine rings is 1. The van der Waals surface area contributed by atoms with Crippen LogP contribution in [0.3, 0.4) is 0 Å². The van der Waals surface area contributed by atoms with E-state index in [1.807, 2.05) is 48.5 Å². The number of thiocarbonyl (C=S) groups is 1. The van der Waals surface area contributed by atoms with Gasteiger partial charge in [0.05, 0.1) is 31.2 Å². The molecule has 0 spiro atoms. The van der Waals surface area contributed by atoms with Crippen LogP contribution >= 0.6 is 12.2 Å². The molecule has 7 nitrogen and oxygen atoms in total. The second-order valence-electron chi connectivity index (χ2n) is 8.28. The smallest absolute Gasteiger partial charge is 0.241 e.